The summed E-state index contributed by atoms with van der Waals surface area (Å²) in [6.45, 7) is 7.39. The Labute approximate surface area is 160 Å². The van der Waals surface area contributed by atoms with E-state index in [2.05, 4.69) is 44.6 Å². The Hall–Kier alpha value is -1.47. The van der Waals surface area contributed by atoms with Gasteiger partial charge in [-0.25, -0.2) is 4.98 Å². The molecule has 0 aromatic carbocycles. The number of aliphatic hydroxyl groups is 1. The molecule has 2 aliphatic rings. The molecule has 0 saturated carbocycles. The van der Waals surface area contributed by atoms with Crippen LogP contribution in [0.2, 0.25) is 0 Å². The molecule has 0 bridgehead atoms. The summed E-state index contributed by atoms with van der Waals surface area (Å²) in [5.41, 5.74) is 0.431. The second-order valence-corrected chi connectivity index (χ2v) is 8.37. The predicted octanol–water partition coefficient (Wildman–Crippen LogP) is 1.78. The molecule has 1 aromatic rings. The average molecular weight is 378 g/mol. The van der Waals surface area contributed by atoms with Crippen molar-refractivity contribution in [1.82, 2.24) is 15.6 Å². The lowest BCUT2D eigenvalue weighted by Gasteiger charge is -2.34. The van der Waals surface area contributed by atoms with E-state index < -0.39 is 5.60 Å². The summed E-state index contributed by atoms with van der Waals surface area (Å²) in [5.74, 6) is 3.72. The number of piperidine rings is 1. The van der Waals surface area contributed by atoms with Crippen molar-refractivity contribution in [2.75, 3.05) is 42.6 Å². The standard InChI is InChI=1S/C19H31N5OS/c1-3-20-18(21-13-19(25)9-12-26-14-19)23-16-7-10-24(11-8-16)17-6-4-5-15(2)22-17/h4-6,16,25H,3,7-14H2,1-2H3,(H2,20,21,23). The molecule has 3 N–H and O–H groups in total. The lowest BCUT2D eigenvalue weighted by Crippen LogP contribution is -2.49. The molecule has 0 spiro atoms. The topological polar surface area (TPSA) is 72.8 Å². The SMILES string of the molecule is CCNC(=NCC1(O)CCSC1)NC1CCN(c2cccc(C)n2)CC1. The lowest BCUT2D eigenvalue weighted by molar-refractivity contribution is 0.0778. The average Bonchev–Trinajstić information content (AvgIpc) is 3.08. The van der Waals surface area contributed by atoms with Gasteiger partial charge < -0.3 is 20.6 Å². The summed E-state index contributed by atoms with van der Waals surface area (Å²) >= 11 is 1.81. The zero-order chi connectivity index (χ0) is 18.4. The lowest BCUT2D eigenvalue weighted by atomic mass is 10.0. The fraction of sp³-hybridized carbons (Fsp3) is 0.684. The minimum absolute atomic E-state index is 0.404. The van der Waals surface area contributed by atoms with Gasteiger partial charge in [-0.1, -0.05) is 6.07 Å². The molecule has 0 radical (unpaired) electrons. The molecule has 1 unspecified atom stereocenters. The number of aromatic nitrogens is 1. The summed E-state index contributed by atoms with van der Waals surface area (Å²) < 4.78 is 0. The molecule has 0 amide bonds. The Balaban J connectivity index is 1.52. The van der Waals surface area contributed by atoms with Crippen LogP contribution in [0, 0.1) is 6.92 Å². The van der Waals surface area contributed by atoms with Gasteiger partial charge in [0.1, 0.15) is 5.82 Å². The highest BCUT2D eigenvalue weighted by Gasteiger charge is 2.31. The van der Waals surface area contributed by atoms with Crippen LogP contribution in [-0.2, 0) is 0 Å². The number of thioether (sulfide) groups is 1. The van der Waals surface area contributed by atoms with Gasteiger partial charge >= 0.3 is 0 Å². The first-order chi connectivity index (χ1) is 12.6. The molecule has 0 aliphatic carbocycles. The van der Waals surface area contributed by atoms with E-state index in [4.69, 9.17) is 0 Å². The number of nitrogens with zero attached hydrogens (tertiary/aromatic N) is 3. The molecule has 1 aromatic heterocycles. The van der Waals surface area contributed by atoms with E-state index in [0.717, 1.165) is 67.9 Å². The van der Waals surface area contributed by atoms with Crippen molar-refractivity contribution in [1.29, 1.82) is 0 Å². The van der Waals surface area contributed by atoms with Gasteiger partial charge in [0.25, 0.3) is 0 Å². The van der Waals surface area contributed by atoms with Gasteiger partial charge in [-0.05, 0) is 51.0 Å². The Morgan fingerprint density at radius 1 is 1.42 bits per heavy atom. The molecule has 7 heteroatoms. The van der Waals surface area contributed by atoms with Crippen LogP contribution in [0.1, 0.15) is 31.9 Å². The number of nitrogens with one attached hydrogen (secondary N) is 2. The Kier molecular flexibility index (Phi) is 6.64. The highest BCUT2D eigenvalue weighted by atomic mass is 32.2. The third kappa shape index (κ3) is 5.27. The highest BCUT2D eigenvalue weighted by Crippen LogP contribution is 2.27. The first kappa shape index (κ1) is 19.3. The van der Waals surface area contributed by atoms with Crippen LogP contribution in [0.15, 0.2) is 23.2 Å². The maximum Gasteiger partial charge on any atom is 0.191 e. The summed E-state index contributed by atoms with van der Waals surface area (Å²) in [7, 11) is 0. The van der Waals surface area contributed by atoms with Gasteiger partial charge in [0.2, 0.25) is 0 Å². The normalized spacial score (nSPS) is 24.7. The number of hydrogen-bond donors (Lipinski definition) is 3. The maximum absolute atomic E-state index is 10.5. The van der Waals surface area contributed by atoms with Crippen LogP contribution >= 0.6 is 11.8 Å². The van der Waals surface area contributed by atoms with Crippen LogP contribution in [0.25, 0.3) is 0 Å². The van der Waals surface area contributed by atoms with Gasteiger partial charge in [0, 0.05) is 37.1 Å². The van der Waals surface area contributed by atoms with E-state index in [9.17, 15) is 5.11 Å². The Morgan fingerprint density at radius 3 is 2.88 bits per heavy atom. The molecule has 6 nitrogen and oxygen atoms in total. The van der Waals surface area contributed by atoms with Crippen molar-refractivity contribution in [3.05, 3.63) is 23.9 Å². The Morgan fingerprint density at radius 2 is 2.23 bits per heavy atom. The van der Waals surface area contributed by atoms with E-state index in [1.54, 1.807) is 0 Å². The third-order valence-electron chi connectivity index (χ3n) is 4.99. The van der Waals surface area contributed by atoms with Crippen molar-refractivity contribution >= 4 is 23.5 Å². The largest absolute Gasteiger partial charge is 0.387 e. The smallest absolute Gasteiger partial charge is 0.191 e. The van der Waals surface area contributed by atoms with Gasteiger partial charge in [0.05, 0.1) is 12.1 Å². The fourth-order valence-corrected chi connectivity index (χ4v) is 4.70. The molecule has 3 heterocycles. The van der Waals surface area contributed by atoms with Crippen LogP contribution in [-0.4, -0.2) is 65.4 Å². The van der Waals surface area contributed by atoms with Crippen molar-refractivity contribution in [2.45, 2.75) is 44.8 Å². The van der Waals surface area contributed by atoms with Gasteiger partial charge in [-0.15, -0.1) is 0 Å². The summed E-state index contributed by atoms with van der Waals surface area (Å²) in [5, 5.41) is 17.4. The van der Waals surface area contributed by atoms with Crippen LogP contribution < -0.4 is 15.5 Å². The van der Waals surface area contributed by atoms with Crippen LogP contribution in [0.3, 0.4) is 0 Å². The molecule has 3 rings (SSSR count). The van der Waals surface area contributed by atoms with E-state index in [0.29, 0.717) is 12.6 Å². The van der Waals surface area contributed by atoms with Gasteiger partial charge in [-0.3, -0.25) is 4.99 Å². The first-order valence-corrected chi connectivity index (χ1v) is 10.8. The Bertz CT molecular complexity index is 610. The molecular formula is C19H31N5OS. The summed E-state index contributed by atoms with van der Waals surface area (Å²) in [4.78, 5) is 11.6. The van der Waals surface area contributed by atoms with E-state index in [1.807, 2.05) is 24.8 Å². The number of hydrogen-bond acceptors (Lipinski definition) is 5. The van der Waals surface area contributed by atoms with Crippen LogP contribution in [0.5, 0.6) is 0 Å². The number of rotatable bonds is 5. The van der Waals surface area contributed by atoms with Gasteiger partial charge in [-0.2, -0.15) is 11.8 Å². The van der Waals surface area contributed by atoms with Crippen molar-refractivity contribution < 1.29 is 5.11 Å². The second kappa shape index (κ2) is 8.95. The van der Waals surface area contributed by atoms with Crippen molar-refractivity contribution in [3.8, 4) is 0 Å². The molecular weight excluding hydrogens is 346 g/mol. The van der Waals surface area contributed by atoms with E-state index in [-0.39, 0.29) is 0 Å². The van der Waals surface area contributed by atoms with Crippen LogP contribution in [0.4, 0.5) is 5.82 Å². The third-order valence-corrected chi connectivity index (χ3v) is 6.23. The summed E-state index contributed by atoms with van der Waals surface area (Å²) in [6.07, 6.45) is 2.95. The predicted molar refractivity (Wildman–Crippen MR) is 110 cm³/mol. The number of aliphatic imine (C=N–C) groups is 1. The first-order valence-electron chi connectivity index (χ1n) is 9.61. The molecule has 1 atom stereocenters. The minimum Gasteiger partial charge on any atom is -0.387 e. The molecule has 2 saturated heterocycles. The highest BCUT2D eigenvalue weighted by molar-refractivity contribution is 7.99. The van der Waals surface area contributed by atoms with Gasteiger partial charge in [0.15, 0.2) is 5.96 Å². The quantitative estimate of drug-likeness (QED) is 0.537. The van der Waals surface area contributed by atoms with E-state index in [1.165, 1.54) is 0 Å². The second-order valence-electron chi connectivity index (χ2n) is 7.26. The molecule has 144 valence electrons. The zero-order valence-electron chi connectivity index (χ0n) is 15.9. The maximum atomic E-state index is 10.5. The minimum atomic E-state index is -0.632. The zero-order valence-corrected chi connectivity index (χ0v) is 16.7. The monoisotopic (exact) mass is 377 g/mol. The molecule has 2 aliphatic heterocycles. The number of anilines is 1. The number of guanidine groups is 1. The van der Waals surface area contributed by atoms with Crippen molar-refractivity contribution in [3.63, 3.8) is 0 Å². The number of pyridine rings is 1. The van der Waals surface area contributed by atoms with E-state index >= 15 is 0 Å². The molecule has 2 fully saturated rings. The van der Waals surface area contributed by atoms with Crippen molar-refractivity contribution in [2.24, 2.45) is 4.99 Å². The number of aryl methyl sites for hydroxylation is 1. The summed E-state index contributed by atoms with van der Waals surface area (Å²) in [6, 6.07) is 6.60. The molecule has 26 heavy (non-hydrogen) atoms. The fourth-order valence-electron chi connectivity index (χ4n) is 3.42.